The minimum absolute atomic E-state index is 0.0140. The second-order valence-electron chi connectivity index (χ2n) is 7.48. The fourth-order valence-electron chi connectivity index (χ4n) is 4.95. The molecule has 2 fully saturated rings. The zero-order valence-electron chi connectivity index (χ0n) is 11.5. The highest BCUT2D eigenvalue weighted by molar-refractivity contribution is 5.32. The molecule has 0 aromatic rings. The Labute approximate surface area is 109 Å². The van der Waals surface area contributed by atoms with Crippen LogP contribution in [-0.4, -0.2) is 33.6 Å². The normalized spacial score (nSPS) is 56.8. The first kappa shape index (κ1) is 12.6. The van der Waals surface area contributed by atoms with E-state index in [-0.39, 0.29) is 23.4 Å². The lowest BCUT2D eigenvalue weighted by molar-refractivity contribution is -0.291. The number of hydrogen-bond donors (Lipinski definition) is 3. The zero-order chi connectivity index (χ0) is 13.4. The number of hydrogen-bond acceptors (Lipinski definition) is 3. The van der Waals surface area contributed by atoms with Gasteiger partial charge < -0.3 is 15.3 Å². The van der Waals surface area contributed by atoms with Crippen molar-refractivity contribution in [3.05, 3.63) is 12.2 Å². The molecule has 2 saturated carbocycles. The first-order chi connectivity index (χ1) is 8.23. The monoisotopic (exact) mass is 252 g/mol. The van der Waals surface area contributed by atoms with Crippen LogP contribution >= 0.6 is 0 Å². The number of aliphatic hydroxyl groups is 3. The third-order valence-corrected chi connectivity index (χ3v) is 6.66. The molecule has 0 aromatic carbocycles. The van der Waals surface area contributed by atoms with Crippen molar-refractivity contribution >= 4 is 0 Å². The molecule has 3 heteroatoms. The Morgan fingerprint density at radius 1 is 1.22 bits per heavy atom. The van der Waals surface area contributed by atoms with Gasteiger partial charge in [-0.15, -0.1) is 0 Å². The van der Waals surface area contributed by atoms with Crippen LogP contribution in [0.5, 0.6) is 0 Å². The summed E-state index contributed by atoms with van der Waals surface area (Å²) in [5.74, 6) is 0.0668. The van der Waals surface area contributed by atoms with Crippen molar-refractivity contribution in [3.63, 3.8) is 0 Å². The maximum Gasteiger partial charge on any atom is 0.0784 e. The summed E-state index contributed by atoms with van der Waals surface area (Å²) in [6.07, 6.45) is 5.68. The van der Waals surface area contributed by atoms with Gasteiger partial charge in [0.15, 0.2) is 0 Å². The summed E-state index contributed by atoms with van der Waals surface area (Å²) in [6, 6.07) is 0. The summed E-state index contributed by atoms with van der Waals surface area (Å²) in [5, 5.41) is 31.2. The Morgan fingerprint density at radius 2 is 1.89 bits per heavy atom. The fourth-order valence-corrected chi connectivity index (χ4v) is 4.95. The molecule has 3 N–H and O–H groups in total. The lowest BCUT2D eigenvalue weighted by atomic mass is 9.36. The third kappa shape index (κ3) is 1.04. The number of aliphatic hydroxyl groups excluding tert-OH is 2. The highest BCUT2D eigenvalue weighted by Gasteiger charge is 2.73. The lowest BCUT2D eigenvalue weighted by Crippen LogP contribution is -2.72. The van der Waals surface area contributed by atoms with E-state index in [2.05, 4.69) is 20.8 Å². The van der Waals surface area contributed by atoms with E-state index in [1.807, 2.05) is 12.2 Å². The van der Waals surface area contributed by atoms with Crippen molar-refractivity contribution in [3.8, 4) is 0 Å². The third-order valence-electron chi connectivity index (χ3n) is 6.66. The smallest absolute Gasteiger partial charge is 0.0784 e. The van der Waals surface area contributed by atoms with E-state index in [9.17, 15) is 15.3 Å². The van der Waals surface area contributed by atoms with Crippen LogP contribution in [0, 0.1) is 22.2 Å². The molecule has 18 heavy (non-hydrogen) atoms. The second-order valence-corrected chi connectivity index (χ2v) is 7.48. The summed E-state index contributed by atoms with van der Waals surface area (Å²) >= 11 is 0. The SMILES string of the molecule is CC1(C)C[C@H]2[C@@]1(O)CC[C@]1(C)[C@@H](O)C=C[C@@]21CO. The van der Waals surface area contributed by atoms with Gasteiger partial charge in [-0.3, -0.25) is 0 Å². The van der Waals surface area contributed by atoms with Crippen LogP contribution in [0.4, 0.5) is 0 Å². The highest BCUT2D eigenvalue weighted by atomic mass is 16.3. The van der Waals surface area contributed by atoms with Gasteiger partial charge in [0.1, 0.15) is 0 Å². The number of rotatable bonds is 1. The van der Waals surface area contributed by atoms with E-state index in [0.717, 1.165) is 19.3 Å². The lowest BCUT2D eigenvalue weighted by Gasteiger charge is -2.70. The molecular formula is C15H24O3. The van der Waals surface area contributed by atoms with Gasteiger partial charge in [-0.2, -0.15) is 0 Å². The summed E-state index contributed by atoms with van der Waals surface area (Å²) in [4.78, 5) is 0. The van der Waals surface area contributed by atoms with Crippen LogP contribution < -0.4 is 0 Å². The average molecular weight is 252 g/mol. The van der Waals surface area contributed by atoms with Crippen molar-refractivity contribution in [2.24, 2.45) is 22.2 Å². The molecule has 102 valence electrons. The molecular weight excluding hydrogens is 228 g/mol. The Morgan fingerprint density at radius 3 is 2.44 bits per heavy atom. The largest absolute Gasteiger partial charge is 0.395 e. The standard InChI is InChI=1S/C15H24O3/c1-12(2)8-10-14(9-16)5-4-11(17)13(14,3)6-7-15(10,12)18/h4-5,10-11,16-18H,6-9H2,1-3H3/t10-,11+,13-,14-,15+/m1/s1. The van der Waals surface area contributed by atoms with Crippen molar-refractivity contribution in [2.45, 2.75) is 51.7 Å². The Kier molecular flexibility index (Phi) is 2.24. The number of fused-ring (bicyclic) bond motifs is 3. The quantitative estimate of drug-likeness (QED) is 0.619. The topological polar surface area (TPSA) is 60.7 Å². The maximum absolute atomic E-state index is 11.0. The second kappa shape index (κ2) is 3.20. The molecule has 3 aliphatic rings. The molecule has 3 nitrogen and oxygen atoms in total. The van der Waals surface area contributed by atoms with Crippen molar-refractivity contribution in [1.82, 2.24) is 0 Å². The predicted molar refractivity (Wildman–Crippen MR) is 68.8 cm³/mol. The van der Waals surface area contributed by atoms with Gasteiger partial charge in [-0.25, -0.2) is 0 Å². The molecule has 0 aliphatic heterocycles. The maximum atomic E-state index is 11.0. The van der Waals surface area contributed by atoms with Gasteiger partial charge in [0.2, 0.25) is 0 Å². The molecule has 0 aromatic heterocycles. The Balaban J connectivity index is 2.07. The van der Waals surface area contributed by atoms with Gasteiger partial charge in [-0.1, -0.05) is 32.9 Å². The molecule has 0 amide bonds. The van der Waals surface area contributed by atoms with Crippen LogP contribution in [0.15, 0.2) is 12.2 Å². The van der Waals surface area contributed by atoms with Gasteiger partial charge >= 0.3 is 0 Å². The van der Waals surface area contributed by atoms with Crippen LogP contribution in [-0.2, 0) is 0 Å². The van der Waals surface area contributed by atoms with Gasteiger partial charge in [0.25, 0.3) is 0 Å². The molecule has 0 spiro atoms. The molecule has 0 heterocycles. The molecule has 0 radical (unpaired) electrons. The minimum Gasteiger partial charge on any atom is -0.395 e. The van der Waals surface area contributed by atoms with E-state index in [1.54, 1.807) is 0 Å². The van der Waals surface area contributed by atoms with Crippen LogP contribution in [0.25, 0.3) is 0 Å². The molecule has 0 unspecified atom stereocenters. The Hall–Kier alpha value is -0.380. The predicted octanol–water partition coefficient (Wildman–Crippen LogP) is 1.47. The molecule has 5 atom stereocenters. The van der Waals surface area contributed by atoms with Gasteiger partial charge in [0, 0.05) is 16.7 Å². The summed E-state index contributed by atoms with van der Waals surface area (Å²) in [6.45, 7) is 6.28. The average Bonchev–Trinajstić information content (AvgIpc) is 2.58. The first-order valence-corrected chi connectivity index (χ1v) is 6.94. The minimum atomic E-state index is -0.691. The van der Waals surface area contributed by atoms with Gasteiger partial charge in [0.05, 0.1) is 18.3 Å². The highest BCUT2D eigenvalue weighted by Crippen LogP contribution is 2.72. The zero-order valence-corrected chi connectivity index (χ0v) is 11.5. The van der Waals surface area contributed by atoms with Crippen molar-refractivity contribution in [1.29, 1.82) is 0 Å². The van der Waals surface area contributed by atoms with E-state index in [4.69, 9.17) is 0 Å². The summed E-state index contributed by atoms with van der Waals surface area (Å²) in [7, 11) is 0. The van der Waals surface area contributed by atoms with Gasteiger partial charge in [-0.05, 0) is 24.7 Å². The van der Waals surface area contributed by atoms with Crippen LogP contribution in [0.1, 0.15) is 40.0 Å². The molecule has 0 saturated heterocycles. The molecule has 3 rings (SSSR count). The van der Waals surface area contributed by atoms with Crippen LogP contribution in [0.3, 0.4) is 0 Å². The van der Waals surface area contributed by atoms with Crippen molar-refractivity contribution < 1.29 is 15.3 Å². The summed E-state index contributed by atoms with van der Waals surface area (Å²) in [5.41, 5.74) is -1.55. The Bertz CT molecular complexity index is 416. The van der Waals surface area contributed by atoms with E-state index >= 15 is 0 Å². The fraction of sp³-hybridized carbons (Fsp3) is 0.867. The molecule has 3 aliphatic carbocycles. The summed E-state index contributed by atoms with van der Waals surface area (Å²) < 4.78 is 0. The van der Waals surface area contributed by atoms with E-state index in [1.165, 1.54) is 0 Å². The van der Waals surface area contributed by atoms with Crippen LogP contribution in [0.2, 0.25) is 0 Å². The molecule has 0 bridgehead atoms. The first-order valence-electron chi connectivity index (χ1n) is 6.94. The van der Waals surface area contributed by atoms with E-state index < -0.39 is 17.1 Å². The van der Waals surface area contributed by atoms with E-state index in [0.29, 0.717) is 0 Å². The van der Waals surface area contributed by atoms with Crippen molar-refractivity contribution in [2.75, 3.05) is 6.61 Å².